The summed E-state index contributed by atoms with van der Waals surface area (Å²) in [5.74, 6) is 0. The molecule has 2 saturated heterocycles. The van der Waals surface area contributed by atoms with E-state index in [1.807, 2.05) is 0 Å². The second-order valence-electron chi connectivity index (χ2n) is 7.09. The lowest BCUT2D eigenvalue weighted by Gasteiger charge is -2.22. The molecule has 4 atom stereocenters. The summed E-state index contributed by atoms with van der Waals surface area (Å²) in [6, 6.07) is 6.44. The number of non-ortho nitro benzene ring substituents is 1. The Balaban J connectivity index is 1.48. The highest BCUT2D eigenvalue weighted by atomic mass is 16.6. The SMILES string of the molecule is O=C(NCC[C@@H]1CCCN1)O[C@@H]1[C@@H](O)CN[C@@H]1Cc1ccc([N+](=O)[O-])cc1. The summed E-state index contributed by atoms with van der Waals surface area (Å²) in [5.41, 5.74) is 0.899. The predicted molar refractivity (Wildman–Crippen MR) is 98.5 cm³/mol. The van der Waals surface area contributed by atoms with Crippen molar-refractivity contribution in [3.63, 3.8) is 0 Å². The van der Waals surface area contributed by atoms with Crippen LogP contribution in [-0.4, -0.2) is 60.0 Å². The topological polar surface area (TPSA) is 126 Å². The average Bonchev–Trinajstić information content (AvgIpc) is 3.27. The number of carbonyl (C=O) groups excluding carboxylic acids is 1. The van der Waals surface area contributed by atoms with E-state index >= 15 is 0 Å². The van der Waals surface area contributed by atoms with E-state index in [4.69, 9.17) is 4.74 Å². The number of hydrogen-bond acceptors (Lipinski definition) is 7. The van der Waals surface area contributed by atoms with Crippen molar-refractivity contribution in [2.45, 2.75) is 50.0 Å². The van der Waals surface area contributed by atoms with Gasteiger partial charge in [-0.25, -0.2) is 4.79 Å². The zero-order valence-corrected chi connectivity index (χ0v) is 15.1. The van der Waals surface area contributed by atoms with Crippen LogP contribution >= 0.6 is 0 Å². The van der Waals surface area contributed by atoms with Crippen molar-refractivity contribution in [3.8, 4) is 0 Å². The first-order valence-electron chi connectivity index (χ1n) is 9.35. The largest absolute Gasteiger partial charge is 0.442 e. The Morgan fingerprint density at radius 2 is 2.11 bits per heavy atom. The van der Waals surface area contributed by atoms with Crippen LogP contribution in [0.4, 0.5) is 10.5 Å². The Kier molecular flexibility index (Phi) is 6.59. The monoisotopic (exact) mass is 378 g/mol. The van der Waals surface area contributed by atoms with Gasteiger partial charge in [-0.2, -0.15) is 0 Å². The molecule has 3 rings (SSSR count). The van der Waals surface area contributed by atoms with Gasteiger partial charge in [-0.05, 0) is 37.8 Å². The third-order valence-electron chi connectivity index (χ3n) is 5.14. The minimum absolute atomic E-state index is 0.0297. The molecular weight excluding hydrogens is 352 g/mol. The average molecular weight is 378 g/mol. The van der Waals surface area contributed by atoms with Crippen molar-refractivity contribution in [2.75, 3.05) is 19.6 Å². The maximum atomic E-state index is 12.1. The summed E-state index contributed by atoms with van der Waals surface area (Å²) in [7, 11) is 0. The van der Waals surface area contributed by atoms with Gasteiger partial charge < -0.3 is 25.8 Å². The Morgan fingerprint density at radius 1 is 1.33 bits per heavy atom. The van der Waals surface area contributed by atoms with Gasteiger partial charge >= 0.3 is 6.09 Å². The van der Waals surface area contributed by atoms with Crippen LogP contribution in [0.3, 0.4) is 0 Å². The highest BCUT2D eigenvalue weighted by molar-refractivity contribution is 5.67. The number of aliphatic hydroxyl groups is 1. The molecule has 2 heterocycles. The second kappa shape index (κ2) is 9.12. The fourth-order valence-electron chi connectivity index (χ4n) is 3.65. The van der Waals surface area contributed by atoms with Crippen molar-refractivity contribution < 1.29 is 19.6 Å². The number of β-amino-alcohol motifs (C(OH)–C–C–N with tert-alkyl or cyclic N) is 1. The van der Waals surface area contributed by atoms with E-state index in [-0.39, 0.29) is 11.7 Å². The van der Waals surface area contributed by atoms with E-state index in [2.05, 4.69) is 16.0 Å². The molecule has 2 aliphatic rings. The van der Waals surface area contributed by atoms with Gasteiger partial charge in [0.15, 0.2) is 0 Å². The first-order valence-corrected chi connectivity index (χ1v) is 9.35. The molecule has 0 saturated carbocycles. The van der Waals surface area contributed by atoms with Gasteiger partial charge in [0.05, 0.1) is 11.0 Å². The van der Waals surface area contributed by atoms with Crippen LogP contribution in [0.15, 0.2) is 24.3 Å². The van der Waals surface area contributed by atoms with Crippen LogP contribution in [-0.2, 0) is 11.2 Å². The highest BCUT2D eigenvalue weighted by Crippen LogP contribution is 2.19. The molecule has 2 fully saturated rings. The molecule has 1 aromatic carbocycles. The summed E-state index contributed by atoms with van der Waals surface area (Å²) in [4.78, 5) is 22.4. The molecule has 148 valence electrons. The molecule has 1 aromatic rings. The van der Waals surface area contributed by atoms with E-state index in [0.717, 1.165) is 24.9 Å². The first kappa shape index (κ1) is 19.5. The Labute approximate surface area is 157 Å². The Bertz CT molecular complexity index is 648. The van der Waals surface area contributed by atoms with E-state index in [1.165, 1.54) is 18.6 Å². The Morgan fingerprint density at radius 3 is 2.78 bits per heavy atom. The number of benzene rings is 1. The number of nitro benzene ring substituents is 1. The normalized spacial score (nSPS) is 27.4. The first-order chi connectivity index (χ1) is 13.0. The van der Waals surface area contributed by atoms with Gasteiger partial charge in [-0.15, -0.1) is 0 Å². The van der Waals surface area contributed by atoms with Crippen LogP contribution in [0.2, 0.25) is 0 Å². The molecule has 9 nitrogen and oxygen atoms in total. The molecule has 27 heavy (non-hydrogen) atoms. The van der Waals surface area contributed by atoms with Crippen LogP contribution in [0, 0.1) is 10.1 Å². The van der Waals surface area contributed by atoms with Gasteiger partial charge in [0.2, 0.25) is 0 Å². The van der Waals surface area contributed by atoms with E-state index < -0.39 is 23.2 Å². The fourth-order valence-corrected chi connectivity index (χ4v) is 3.65. The number of nitrogens with zero attached hydrogens (tertiary/aromatic N) is 1. The molecule has 0 radical (unpaired) electrons. The van der Waals surface area contributed by atoms with Crippen molar-refractivity contribution in [1.29, 1.82) is 0 Å². The maximum Gasteiger partial charge on any atom is 0.407 e. The molecule has 0 bridgehead atoms. The maximum absolute atomic E-state index is 12.1. The number of ether oxygens (including phenoxy) is 1. The van der Waals surface area contributed by atoms with Crippen LogP contribution in [0.1, 0.15) is 24.8 Å². The Hall–Kier alpha value is -2.23. The van der Waals surface area contributed by atoms with Crippen LogP contribution in [0.25, 0.3) is 0 Å². The lowest BCUT2D eigenvalue weighted by Crippen LogP contribution is -2.42. The van der Waals surface area contributed by atoms with Crippen molar-refractivity contribution in [1.82, 2.24) is 16.0 Å². The summed E-state index contributed by atoms with van der Waals surface area (Å²) in [6.45, 7) is 1.89. The van der Waals surface area contributed by atoms with E-state index in [1.54, 1.807) is 12.1 Å². The zero-order chi connectivity index (χ0) is 19.2. The number of rotatable bonds is 7. The van der Waals surface area contributed by atoms with Gasteiger partial charge in [0.1, 0.15) is 12.2 Å². The number of alkyl carbamates (subject to hydrolysis) is 1. The van der Waals surface area contributed by atoms with Crippen molar-refractivity contribution in [2.24, 2.45) is 0 Å². The number of nitro groups is 1. The lowest BCUT2D eigenvalue weighted by molar-refractivity contribution is -0.384. The number of hydrogen-bond donors (Lipinski definition) is 4. The number of amides is 1. The molecule has 2 aliphatic heterocycles. The van der Waals surface area contributed by atoms with Gasteiger partial charge in [-0.3, -0.25) is 10.1 Å². The smallest absolute Gasteiger partial charge is 0.407 e. The summed E-state index contributed by atoms with van der Waals surface area (Å²) in [5, 5.41) is 30.1. The van der Waals surface area contributed by atoms with Crippen molar-refractivity contribution in [3.05, 3.63) is 39.9 Å². The lowest BCUT2D eigenvalue weighted by atomic mass is 10.0. The van der Waals surface area contributed by atoms with Gasteiger partial charge in [-0.1, -0.05) is 12.1 Å². The summed E-state index contributed by atoms with van der Waals surface area (Å²) < 4.78 is 5.44. The van der Waals surface area contributed by atoms with Crippen molar-refractivity contribution >= 4 is 11.8 Å². The molecule has 0 unspecified atom stereocenters. The van der Waals surface area contributed by atoms with E-state index in [0.29, 0.717) is 25.6 Å². The molecular formula is C18H26N4O5. The minimum atomic E-state index is -0.782. The molecule has 0 aromatic heterocycles. The quantitative estimate of drug-likeness (QED) is 0.407. The predicted octanol–water partition coefficient (Wildman–Crippen LogP) is 0.707. The standard InChI is InChI=1S/C18H26N4O5/c23-16-11-21-15(10-12-3-5-14(6-4-12)22(25)26)17(16)27-18(24)20-9-7-13-2-1-8-19-13/h3-6,13,15-17,19,21,23H,1-2,7-11H2,(H,20,24)/t13-,15+,16-,17-/m0/s1. The van der Waals surface area contributed by atoms with Gasteiger partial charge in [0.25, 0.3) is 5.69 Å². The third kappa shape index (κ3) is 5.38. The number of nitrogens with one attached hydrogen (secondary N) is 3. The number of carbonyl (C=O) groups is 1. The fraction of sp³-hybridized carbons (Fsp3) is 0.611. The summed E-state index contributed by atoms with van der Waals surface area (Å²) in [6.07, 6.45) is 1.67. The molecule has 1 amide bonds. The van der Waals surface area contributed by atoms with Crippen LogP contribution < -0.4 is 16.0 Å². The molecule has 4 N–H and O–H groups in total. The summed E-state index contributed by atoms with van der Waals surface area (Å²) >= 11 is 0. The molecule has 9 heteroatoms. The van der Waals surface area contributed by atoms with Gasteiger partial charge in [0, 0.05) is 31.3 Å². The zero-order valence-electron chi connectivity index (χ0n) is 15.1. The second-order valence-corrected chi connectivity index (χ2v) is 7.09. The number of aliphatic hydroxyl groups excluding tert-OH is 1. The molecule has 0 spiro atoms. The van der Waals surface area contributed by atoms with Crippen LogP contribution in [0.5, 0.6) is 0 Å². The highest BCUT2D eigenvalue weighted by Gasteiger charge is 2.37. The third-order valence-corrected chi connectivity index (χ3v) is 5.14. The minimum Gasteiger partial charge on any atom is -0.442 e. The van der Waals surface area contributed by atoms with E-state index in [9.17, 15) is 20.0 Å². The molecule has 0 aliphatic carbocycles.